The number of aryl methyl sites for hydroxylation is 1. The van der Waals surface area contributed by atoms with E-state index in [9.17, 15) is 4.79 Å². The average molecular weight is 310 g/mol. The molecule has 0 saturated carbocycles. The third kappa shape index (κ3) is 2.76. The van der Waals surface area contributed by atoms with Crippen LogP contribution < -0.4 is 5.73 Å². The smallest absolute Gasteiger partial charge is 0.168 e. The number of thiophene rings is 1. The fourth-order valence-electron chi connectivity index (χ4n) is 1.51. The van der Waals surface area contributed by atoms with Gasteiger partial charge >= 0.3 is 0 Å². The molecule has 1 heterocycles. The summed E-state index contributed by atoms with van der Waals surface area (Å²) in [6, 6.07) is 7.41. The van der Waals surface area contributed by atoms with E-state index < -0.39 is 0 Å². The Morgan fingerprint density at radius 1 is 1.41 bits per heavy atom. The Balaban J connectivity index is 2.20. The molecule has 2 rings (SSSR count). The zero-order valence-electron chi connectivity index (χ0n) is 9.37. The summed E-state index contributed by atoms with van der Waals surface area (Å²) in [5.41, 5.74) is 8.14. The third-order valence-electron chi connectivity index (χ3n) is 2.61. The molecule has 0 fully saturated rings. The van der Waals surface area contributed by atoms with Crippen LogP contribution in [0, 0.1) is 6.92 Å². The second-order valence-corrected chi connectivity index (χ2v) is 5.72. The zero-order chi connectivity index (χ0) is 12.4. The monoisotopic (exact) mass is 309 g/mol. The lowest BCUT2D eigenvalue weighted by Crippen LogP contribution is -2.04. The summed E-state index contributed by atoms with van der Waals surface area (Å²) in [7, 11) is 0. The number of benzene rings is 1. The molecular weight excluding hydrogens is 298 g/mol. The lowest BCUT2D eigenvalue weighted by Gasteiger charge is -2.04. The minimum atomic E-state index is 0.0971. The van der Waals surface area contributed by atoms with Gasteiger partial charge in [-0.05, 0) is 45.9 Å². The Kier molecular flexibility index (Phi) is 3.64. The first-order chi connectivity index (χ1) is 8.08. The van der Waals surface area contributed by atoms with Gasteiger partial charge in [-0.2, -0.15) is 0 Å². The number of ketones is 1. The molecule has 0 unspecified atom stereocenters. The summed E-state index contributed by atoms with van der Waals surface area (Å²) >= 11 is 5.01. The number of nitrogen functional groups attached to an aromatic ring is 1. The number of hydrogen-bond donors (Lipinski definition) is 1. The molecule has 0 spiro atoms. The largest absolute Gasteiger partial charge is 0.398 e. The van der Waals surface area contributed by atoms with E-state index in [0.29, 0.717) is 17.7 Å². The molecule has 0 saturated heterocycles. The molecule has 17 heavy (non-hydrogen) atoms. The summed E-state index contributed by atoms with van der Waals surface area (Å²) in [5.74, 6) is 0.0971. The summed E-state index contributed by atoms with van der Waals surface area (Å²) in [5, 5.41) is 1.97. The first kappa shape index (κ1) is 12.3. The molecule has 1 aromatic heterocycles. The minimum Gasteiger partial charge on any atom is -0.398 e. The second kappa shape index (κ2) is 5.02. The Hall–Kier alpha value is -1.13. The van der Waals surface area contributed by atoms with Gasteiger partial charge in [0.1, 0.15) is 0 Å². The first-order valence-electron chi connectivity index (χ1n) is 5.19. The minimum absolute atomic E-state index is 0.0971. The van der Waals surface area contributed by atoms with Crippen LogP contribution in [0.25, 0.3) is 0 Å². The number of Topliss-reactive ketones (excluding diaryl/α,β-unsaturated/α-hetero) is 1. The second-order valence-electron chi connectivity index (χ2n) is 3.86. The van der Waals surface area contributed by atoms with E-state index in [1.54, 1.807) is 17.4 Å². The Morgan fingerprint density at radius 3 is 2.76 bits per heavy atom. The number of carbonyl (C=O) groups excluding carboxylic acids is 1. The molecular formula is C13H12BrNOS. The molecule has 2 aromatic rings. The van der Waals surface area contributed by atoms with Gasteiger partial charge in [-0.15, -0.1) is 11.3 Å². The van der Waals surface area contributed by atoms with E-state index in [0.717, 1.165) is 14.9 Å². The molecule has 0 radical (unpaired) electrons. The number of anilines is 1. The van der Waals surface area contributed by atoms with Crippen LogP contribution in [0.15, 0.2) is 34.1 Å². The SMILES string of the molecule is Cc1ccc(C(=O)Cc2sccc2Br)cc1N. The predicted octanol–water partition coefficient (Wildman–Crippen LogP) is 3.83. The topological polar surface area (TPSA) is 43.1 Å². The summed E-state index contributed by atoms with van der Waals surface area (Å²) in [6.45, 7) is 1.93. The maximum atomic E-state index is 12.1. The molecule has 0 bridgehead atoms. The highest BCUT2D eigenvalue weighted by Crippen LogP contribution is 2.24. The van der Waals surface area contributed by atoms with Gasteiger partial charge in [0.05, 0.1) is 0 Å². The van der Waals surface area contributed by atoms with E-state index in [-0.39, 0.29) is 5.78 Å². The highest BCUT2D eigenvalue weighted by atomic mass is 79.9. The van der Waals surface area contributed by atoms with E-state index in [2.05, 4.69) is 15.9 Å². The Labute approximate surface area is 113 Å². The molecule has 4 heteroatoms. The van der Waals surface area contributed by atoms with Crippen LogP contribution in [-0.4, -0.2) is 5.78 Å². The van der Waals surface area contributed by atoms with Crippen molar-refractivity contribution in [1.29, 1.82) is 0 Å². The van der Waals surface area contributed by atoms with Gasteiger partial charge in [0, 0.05) is 27.0 Å². The highest BCUT2D eigenvalue weighted by Gasteiger charge is 2.11. The van der Waals surface area contributed by atoms with Crippen LogP contribution in [0.5, 0.6) is 0 Å². The number of nitrogens with two attached hydrogens (primary N) is 1. The van der Waals surface area contributed by atoms with Crippen LogP contribution >= 0.6 is 27.3 Å². The fraction of sp³-hybridized carbons (Fsp3) is 0.154. The molecule has 0 aliphatic carbocycles. The Morgan fingerprint density at radius 2 is 2.18 bits per heavy atom. The van der Waals surface area contributed by atoms with Gasteiger partial charge in [-0.1, -0.05) is 12.1 Å². The predicted molar refractivity (Wildman–Crippen MR) is 75.6 cm³/mol. The van der Waals surface area contributed by atoms with Crippen molar-refractivity contribution in [2.75, 3.05) is 5.73 Å². The summed E-state index contributed by atoms with van der Waals surface area (Å²) in [6.07, 6.45) is 0.417. The van der Waals surface area contributed by atoms with E-state index in [1.807, 2.05) is 30.5 Å². The molecule has 2 nitrogen and oxygen atoms in total. The quantitative estimate of drug-likeness (QED) is 0.691. The van der Waals surface area contributed by atoms with Crippen molar-refractivity contribution in [3.05, 3.63) is 50.1 Å². The van der Waals surface area contributed by atoms with Crippen LogP contribution in [0.3, 0.4) is 0 Å². The van der Waals surface area contributed by atoms with Crippen molar-refractivity contribution in [2.24, 2.45) is 0 Å². The molecule has 88 valence electrons. The number of hydrogen-bond acceptors (Lipinski definition) is 3. The van der Waals surface area contributed by atoms with Crippen LogP contribution in [-0.2, 0) is 6.42 Å². The van der Waals surface area contributed by atoms with Crippen molar-refractivity contribution < 1.29 is 4.79 Å². The van der Waals surface area contributed by atoms with Gasteiger partial charge in [0.2, 0.25) is 0 Å². The van der Waals surface area contributed by atoms with Gasteiger partial charge in [0.25, 0.3) is 0 Å². The van der Waals surface area contributed by atoms with Gasteiger partial charge in [-0.25, -0.2) is 0 Å². The van der Waals surface area contributed by atoms with E-state index in [4.69, 9.17) is 5.73 Å². The molecule has 1 aromatic carbocycles. The van der Waals surface area contributed by atoms with Crippen LogP contribution in [0.2, 0.25) is 0 Å². The fourth-order valence-corrected chi connectivity index (χ4v) is 3.00. The lowest BCUT2D eigenvalue weighted by molar-refractivity contribution is 0.0993. The maximum absolute atomic E-state index is 12.1. The molecule has 0 atom stereocenters. The first-order valence-corrected chi connectivity index (χ1v) is 6.86. The zero-order valence-corrected chi connectivity index (χ0v) is 11.8. The van der Waals surface area contributed by atoms with Crippen molar-refractivity contribution in [2.45, 2.75) is 13.3 Å². The number of rotatable bonds is 3. The molecule has 0 aliphatic heterocycles. The molecule has 0 aliphatic rings. The van der Waals surface area contributed by atoms with Gasteiger partial charge < -0.3 is 5.73 Å². The van der Waals surface area contributed by atoms with E-state index >= 15 is 0 Å². The lowest BCUT2D eigenvalue weighted by atomic mass is 10.0. The number of carbonyl (C=O) groups is 1. The normalized spacial score (nSPS) is 10.5. The van der Waals surface area contributed by atoms with Crippen molar-refractivity contribution in [3.63, 3.8) is 0 Å². The standard InChI is InChI=1S/C13H12BrNOS/c1-8-2-3-9(6-11(8)15)12(16)7-13-10(14)4-5-17-13/h2-6H,7,15H2,1H3. The molecule has 2 N–H and O–H groups in total. The molecule has 0 amide bonds. The Bertz CT molecular complexity index is 562. The third-order valence-corrected chi connectivity index (χ3v) is 4.54. The highest BCUT2D eigenvalue weighted by molar-refractivity contribution is 9.10. The summed E-state index contributed by atoms with van der Waals surface area (Å²) < 4.78 is 0.996. The summed E-state index contributed by atoms with van der Waals surface area (Å²) in [4.78, 5) is 13.1. The van der Waals surface area contributed by atoms with Gasteiger partial charge in [0.15, 0.2) is 5.78 Å². The van der Waals surface area contributed by atoms with Crippen molar-refractivity contribution >= 4 is 38.7 Å². The number of halogens is 1. The average Bonchev–Trinajstić information content (AvgIpc) is 2.68. The van der Waals surface area contributed by atoms with Gasteiger partial charge in [-0.3, -0.25) is 4.79 Å². The van der Waals surface area contributed by atoms with Crippen molar-refractivity contribution in [3.8, 4) is 0 Å². The van der Waals surface area contributed by atoms with Crippen LogP contribution in [0.4, 0.5) is 5.69 Å². The van der Waals surface area contributed by atoms with Crippen LogP contribution in [0.1, 0.15) is 20.8 Å². The van der Waals surface area contributed by atoms with E-state index in [1.165, 1.54) is 0 Å². The van der Waals surface area contributed by atoms with Crippen molar-refractivity contribution in [1.82, 2.24) is 0 Å². The maximum Gasteiger partial charge on any atom is 0.168 e.